The Kier molecular flexibility index (Phi) is 5.00. The van der Waals surface area contributed by atoms with E-state index in [0.29, 0.717) is 5.56 Å². The van der Waals surface area contributed by atoms with E-state index in [4.69, 9.17) is 10.6 Å². The highest BCUT2D eigenvalue weighted by molar-refractivity contribution is 5.89. The van der Waals surface area contributed by atoms with E-state index in [2.05, 4.69) is 14.8 Å². The Balaban J connectivity index is 2.43. The molecule has 1 aliphatic carbocycles. The van der Waals surface area contributed by atoms with Gasteiger partial charge in [0.05, 0.1) is 24.8 Å². The van der Waals surface area contributed by atoms with Gasteiger partial charge in [-0.3, -0.25) is 0 Å². The molecule has 1 aromatic carbocycles. The molecule has 0 saturated heterocycles. The van der Waals surface area contributed by atoms with Crippen LogP contribution in [0.5, 0.6) is 0 Å². The van der Waals surface area contributed by atoms with Crippen molar-refractivity contribution in [2.75, 3.05) is 7.11 Å². The van der Waals surface area contributed by atoms with Crippen molar-refractivity contribution in [3.8, 4) is 0 Å². The maximum Gasteiger partial charge on any atom is 0.335 e. The lowest BCUT2D eigenvalue weighted by atomic mass is 9.79. The fourth-order valence-electron chi connectivity index (χ4n) is 2.63. The van der Waals surface area contributed by atoms with Gasteiger partial charge >= 0.3 is 11.9 Å². The number of hydrogen-bond acceptors (Lipinski definition) is 5. The molecule has 120 valence electrons. The fourth-order valence-corrected chi connectivity index (χ4v) is 2.63. The summed E-state index contributed by atoms with van der Waals surface area (Å²) in [5, 5.41) is 23.0. The van der Waals surface area contributed by atoms with E-state index in [1.54, 1.807) is 12.1 Å². The standard InChI is InChI=1S/C15H15N3O5/c1-23-15(22)10-6-11(13(19)12(7-10)17-18-16)8-3-2-4-9(5-8)14(20)21/h2-5,7,11-13,19H,6H2,1H3,(H,20,21)/t11-,12+,13-/m1/s1. The van der Waals surface area contributed by atoms with Crippen LogP contribution in [-0.4, -0.2) is 41.4 Å². The SMILES string of the molecule is COC(=O)C1=C[C@H](N=[N+]=[N-])[C@H](O)[C@@H](c2cccc(C(=O)O)c2)C1. The molecule has 2 N–H and O–H groups in total. The highest BCUT2D eigenvalue weighted by Crippen LogP contribution is 2.35. The van der Waals surface area contributed by atoms with Crippen LogP contribution in [0.4, 0.5) is 0 Å². The van der Waals surface area contributed by atoms with Gasteiger partial charge in [-0.2, -0.15) is 0 Å². The summed E-state index contributed by atoms with van der Waals surface area (Å²) in [6.07, 6.45) is 0.477. The maximum atomic E-state index is 11.8. The minimum Gasteiger partial charge on any atom is -0.478 e. The van der Waals surface area contributed by atoms with Gasteiger partial charge in [0.15, 0.2) is 0 Å². The number of esters is 1. The summed E-state index contributed by atoms with van der Waals surface area (Å²) in [6.45, 7) is 0. The third-order valence-corrected chi connectivity index (χ3v) is 3.77. The zero-order chi connectivity index (χ0) is 17.0. The molecule has 23 heavy (non-hydrogen) atoms. The van der Waals surface area contributed by atoms with Crippen LogP contribution in [-0.2, 0) is 9.53 Å². The number of rotatable bonds is 4. The van der Waals surface area contributed by atoms with Gasteiger partial charge in [0.25, 0.3) is 0 Å². The first-order valence-corrected chi connectivity index (χ1v) is 6.82. The molecule has 0 heterocycles. The molecule has 0 unspecified atom stereocenters. The van der Waals surface area contributed by atoms with E-state index in [1.165, 1.54) is 25.3 Å². The van der Waals surface area contributed by atoms with Crippen LogP contribution >= 0.6 is 0 Å². The minimum atomic E-state index is -1.09. The van der Waals surface area contributed by atoms with E-state index in [1.807, 2.05) is 0 Å². The summed E-state index contributed by atoms with van der Waals surface area (Å²) in [5.41, 5.74) is 9.51. The molecule has 0 fully saturated rings. The number of aliphatic hydroxyl groups is 1. The number of nitrogens with zero attached hydrogens (tertiary/aromatic N) is 3. The molecule has 0 bridgehead atoms. The average Bonchev–Trinajstić information content (AvgIpc) is 2.56. The lowest BCUT2D eigenvalue weighted by Gasteiger charge is -2.31. The molecule has 0 aromatic heterocycles. The maximum absolute atomic E-state index is 11.8. The zero-order valence-electron chi connectivity index (χ0n) is 12.3. The van der Waals surface area contributed by atoms with Crippen LogP contribution in [0, 0.1) is 0 Å². The number of aromatic carboxylic acids is 1. The van der Waals surface area contributed by atoms with Crippen molar-refractivity contribution in [3.05, 3.63) is 57.5 Å². The van der Waals surface area contributed by atoms with E-state index >= 15 is 0 Å². The van der Waals surface area contributed by atoms with E-state index in [0.717, 1.165) is 0 Å². The number of carbonyl (C=O) groups is 2. The molecule has 0 amide bonds. The van der Waals surface area contributed by atoms with Crippen molar-refractivity contribution in [2.45, 2.75) is 24.5 Å². The normalized spacial score (nSPS) is 23.4. The smallest absolute Gasteiger partial charge is 0.335 e. The number of azide groups is 1. The summed E-state index contributed by atoms with van der Waals surface area (Å²) in [6, 6.07) is 5.16. The Morgan fingerprint density at radius 2 is 2.17 bits per heavy atom. The average molecular weight is 317 g/mol. The van der Waals surface area contributed by atoms with Gasteiger partial charge in [0.1, 0.15) is 0 Å². The Morgan fingerprint density at radius 1 is 1.43 bits per heavy atom. The first-order chi connectivity index (χ1) is 11.0. The van der Waals surface area contributed by atoms with Gasteiger partial charge < -0.3 is 14.9 Å². The van der Waals surface area contributed by atoms with Crippen molar-refractivity contribution in [2.24, 2.45) is 5.11 Å². The van der Waals surface area contributed by atoms with Gasteiger partial charge in [-0.15, -0.1) is 0 Å². The molecule has 8 heteroatoms. The second kappa shape index (κ2) is 6.95. The molecular formula is C15H15N3O5. The summed E-state index contributed by atoms with van der Waals surface area (Å²) < 4.78 is 4.68. The molecule has 0 saturated carbocycles. The number of benzene rings is 1. The second-order valence-electron chi connectivity index (χ2n) is 5.11. The first-order valence-electron chi connectivity index (χ1n) is 6.82. The zero-order valence-corrected chi connectivity index (χ0v) is 12.3. The number of carbonyl (C=O) groups excluding carboxylic acids is 1. The van der Waals surface area contributed by atoms with Crippen LogP contribution in [0.2, 0.25) is 0 Å². The van der Waals surface area contributed by atoms with Crippen molar-refractivity contribution in [1.29, 1.82) is 0 Å². The van der Waals surface area contributed by atoms with E-state index in [-0.39, 0.29) is 17.6 Å². The van der Waals surface area contributed by atoms with Gasteiger partial charge in [-0.1, -0.05) is 23.3 Å². The topological polar surface area (TPSA) is 133 Å². The van der Waals surface area contributed by atoms with Crippen molar-refractivity contribution >= 4 is 11.9 Å². The van der Waals surface area contributed by atoms with Crippen molar-refractivity contribution in [1.82, 2.24) is 0 Å². The number of carboxylic acids is 1. The molecule has 1 aromatic rings. The second-order valence-corrected chi connectivity index (χ2v) is 5.11. The van der Waals surface area contributed by atoms with Crippen molar-refractivity contribution < 1.29 is 24.5 Å². The molecule has 2 rings (SSSR count). The van der Waals surface area contributed by atoms with Crippen LogP contribution in [0.25, 0.3) is 10.4 Å². The quantitative estimate of drug-likeness (QED) is 0.379. The highest BCUT2D eigenvalue weighted by atomic mass is 16.5. The number of hydrogen-bond donors (Lipinski definition) is 2. The highest BCUT2D eigenvalue weighted by Gasteiger charge is 2.35. The lowest BCUT2D eigenvalue weighted by molar-refractivity contribution is -0.136. The third kappa shape index (κ3) is 3.50. The summed E-state index contributed by atoms with van der Waals surface area (Å²) >= 11 is 0. The summed E-state index contributed by atoms with van der Waals surface area (Å²) in [7, 11) is 1.23. The Bertz CT molecular complexity index is 709. The number of ether oxygens (including phenoxy) is 1. The van der Waals surface area contributed by atoms with Crippen LogP contribution in [0.15, 0.2) is 41.0 Å². The van der Waals surface area contributed by atoms with Gasteiger partial charge in [0.2, 0.25) is 0 Å². The van der Waals surface area contributed by atoms with Gasteiger partial charge in [-0.25, -0.2) is 9.59 Å². The summed E-state index contributed by atoms with van der Waals surface area (Å²) in [4.78, 5) is 25.5. The third-order valence-electron chi connectivity index (χ3n) is 3.77. The monoisotopic (exact) mass is 317 g/mol. The Morgan fingerprint density at radius 3 is 2.78 bits per heavy atom. The molecule has 0 aliphatic heterocycles. The fraction of sp³-hybridized carbons (Fsp3) is 0.333. The Hall–Kier alpha value is -2.83. The van der Waals surface area contributed by atoms with Gasteiger partial charge in [-0.05, 0) is 29.6 Å². The molecule has 3 atom stereocenters. The Labute approximate surface area is 131 Å². The van der Waals surface area contributed by atoms with Gasteiger partial charge in [0, 0.05) is 16.4 Å². The largest absolute Gasteiger partial charge is 0.478 e. The minimum absolute atomic E-state index is 0.0733. The van der Waals surface area contributed by atoms with Crippen molar-refractivity contribution in [3.63, 3.8) is 0 Å². The van der Waals surface area contributed by atoms with Crippen LogP contribution in [0.3, 0.4) is 0 Å². The van der Waals surface area contributed by atoms with Crippen LogP contribution < -0.4 is 0 Å². The number of methoxy groups -OCH3 is 1. The summed E-state index contributed by atoms with van der Waals surface area (Å²) in [5.74, 6) is -2.24. The predicted octanol–water partition coefficient (Wildman–Crippen LogP) is 2.01. The molecule has 0 radical (unpaired) electrons. The first kappa shape index (κ1) is 16.5. The van der Waals surface area contributed by atoms with E-state index in [9.17, 15) is 14.7 Å². The van der Waals surface area contributed by atoms with Crippen LogP contribution in [0.1, 0.15) is 28.3 Å². The molecule has 1 aliphatic rings. The lowest BCUT2D eigenvalue weighted by Crippen LogP contribution is -2.35. The molecule has 8 nitrogen and oxygen atoms in total. The van der Waals surface area contributed by atoms with E-state index < -0.39 is 30.0 Å². The molecule has 0 spiro atoms. The predicted molar refractivity (Wildman–Crippen MR) is 79.8 cm³/mol. The number of carboxylic acid groups (broad SMARTS) is 1. The number of aliphatic hydroxyl groups excluding tert-OH is 1. The molecular weight excluding hydrogens is 302 g/mol.